The lowest BCUT2D eigenvalue weighted by Gasteiger charge is -2.16. The molecule has 0 spiro atoms. The zero-order valence-corrected chi connectivity index (χ0v) is 16.9. The number of aromatic nitrogens is 3. The second-order valence-electron chi connectivity index (χ2n) is 6.36. The SMILES string of the molecule is Cc1cccc(C)c1OCc1nnc(SCC(=O)N(C)c2ccccc2)n1N. The van der Waals surface area contributed by atoms with Crippen LogP contribution in [0.3, 0.4) is 0 Å². The molecule has 0 aliphatic carbocycles. The molecule has 0 saturated carbocycles. The monoisotopic (exact) mass is 397 g/mol. The number of aryl methyl sites for hydroxylation is 2. The van der Waals surface area contributed by atoms with Crippen LogP contribution in [0.5, 0.6) is 5.75 Å². The number of hydrogen-bond donors (Lipinski definition) is 1. The number of amides is 1. The Morgan fingerprint density at radius 2 is 1.79 bits per heavy atom. The van der Waals surface area contributed by atoms with E-state index in [1.54, 1.807) is 11.9 Å². The fraction of sp³-hybridized carbons (Fsp3) is 0.250. The van der Waals surface area contributed by atoms with Crippen molar-refractivity contribution in [2.24, 2.45) is 0 Å². The number of para-hydroxylation sites is 2. The molecule has 28 heavy (non-hydrogen) atoms. The Balaban J connectivity index is 1.59. The number of rotatable bonds is 7. The number of nitrogens with zero attached hydrogens (tertiary/aromatic N) is 4. The highest BCUT2D eigenvalue weighted by atomic mass is 32.2. The first-order valence-corrected chi connectivity index (χ1v) is 9.78. The molecule has 0 bridgehead atoms. The molecule has 3 rings (SSSR count). The molecule has 0 unspecified atom stereocenters. The second-order valence-corrected chi connectivity index (χ2v) is 7.30. The van der Waals surface area contributed by atoms with Gasteiger partial charge in [0.15, 0.2) is 5.82 Å². The molecule has 3 aromatic rings. The standard InChI is InChI=1S/C20H23N5O2S/c1-14-8-7-9-15(2)19(14)27-12-17-22-23-20(25(17)21)28-13-18(26)24(3)16-10-5-4-6-11-16/h4-11H,12-13,21H2,1-3H3. The van der Waals surface area contributed by atoms with Crippen molar-refractivity contribution in [3.63, 3.8) is 0 Å². The molecule has 0 aliphatic heterocycles. The zero-order valence-electron chi connectivity index (χ0n) is 16.1. The van der Waals surface area contributed by atoms with Crippen LogP contribution in [0.1, 0.15) is 17.0 Å². The first kappa shape index (κ1) is 19.8. The molecular weight excluding hydrogens is 374 g/mol. The Morgan fingerprint density at radius 3 is 2.46 bits per heavy atom. The first-order chi connectivity index (χ1) is 13.5. The maximum absolute atomic E-state index is 12.4. The minimum atomic E-state index is -0.0486. The van der Waals surface area contributed by atoms with E-state index in [4.69, 9.17) is 10.6 Å². The van der Waals surface area contributed by atoms with Crippen LogP contribution < -0.4 is 15.5 Å². The third kappa shape index (κ3) is 4.45. The maximum atomic E-state index is 12.4. The van der Waals surface area contributed by atoms with Gasteiger partial charge < -0.3 is 15.5 Å². The van der Waals surface area contributed by atoms with Gasteiger partial charge in [-0.3, -0.25) is 4.79 Å². The Bertz CT molecular complexity index is 938. The molecule has 0 aliphatic rings. The summed E-state index contributed by atoms with van der Waals surface area (Å²) >= 11 is 1.24. The molecule has 8 heteroatoms. The van der Waals surface area contributed by atoms with E-state index in [0.717, 1.165) is 22.6 Å². The number of benzene rings is 2. The Hall–Kier alpha value is -3.00. The van der Waals surface area contributed by atoms with Gasteiger partial charge in [-0.25, -0.2) is 4.68 Å². The first-order valence-electron chi connectivity index (χ1n) is 8.80. The van der Waals surface area contributed by atoms with E-state index in [0.29, 0.717) is 11.0 Å². The molecule has 0 saturated heterocycles. The Kier molecular flexibility index (Phi) is 6.20. The molecule has 2 N–H and O–H groups in total. The fourth-order valence-corrected chi connectivity index (χ4v) is 3.48. The number of ether oxygens (including phenoxy) is 1. The predicted octanol–water partition coefficient (Wildman–Crippen LogP) is 2.94. The molecule has 0 radical (unpaired) electrons. The number of carbonyl (C=O) groups is 1. The van der Waals surface area contributed by atoms with E-state index < -0.39 is 0 Å². The van der Waals surface area contributed by atoms with E-state index in [2.05, 4.69) is 10.2 Å². The van der Waals surface area contributed by atoms with Crippen molar-refractivity contribution >= 4 is 23.4 Å². The summed E-state index contributed by atoms with van der Waals surface area (Å²) in [6.45, 7) is 4.19. The normalized spacial score (nSPS) is 10.7. The summed E-state index contributed by atoms with van der Waals surface area (Å²) in [5.41, 5.74) is 2.93. The lowest BCUT2D eigenvalue weighted by molar-refractivity contribution is -0.115. The quantitative estimate of drug-likeness (QED) is 0.487. The van der Waals surface area contributed by atoms with Crippen LogP contribution >= 0.6 is 11.8 Å². The average molecular weight is 398 g/mol. The topological polar surface area (TPSA) is 86.3 Å². The van der Waals surface area contributed by atoms with Gasteiger partial charge in [0, 0.05) is 12.7 Å². The Labute approximate surface area is 168 Å². The minimum absolute atomic E-state index is 0.0486. The third-order valence-electron chi connectivity index (χ3n) is 4.33. The molecule has 1 heterocycles. The van der Waals surface area contributed by atoms with Gasteiger partial charge in [0.1, 0.15) is 12.4 Å². The molecular formula is C20H23N5O2S. The van der Waals surface area contributed by atoms with Crippen LogP contribution in [-0.2, 0) is 11.4 Å². The van der Waals surface area contributed by atoms with E-state index in [9.17, 15) is 4.79 Å². The van der Waals surface area contributed by atoms with Crippen LogP contribution in [0.25, 0.3) is 0 Å². The van der Waals surface area contributed by atoms with Crippen molar-refractivity contribution < 1.29 is 9.53 Å². The van der Waals surface area contributed by atoms with Crippen LogP contribution in [0.15, 0.2) is 53.7 Å². The summed E-state index contributed by atoms with van der Waals surface area (Å²) in [5.74, 6) is 7.55. The van der Waals surface area contributed by atoms with Crippen LogP contribution in [-0.4, -0.2) is 33.6 Å². The van der Waals surface area contributed by atoms with Crippen LogP contribution in [0, 0.1) is 13.8 Å². The highest BCUT2D eigenvalue weighted by Gasteiger charge is 2.16. The van der Waals surface area contributed by atoms with Gasteiger partial charge in [-0.2, -0.15) is 0 Å². The van der Waals surface area contributed by atoms with E-state index in [1.165, 1.54) is 16.4 Å². The summed E-state index contributed by atoms with van der Waals surface area (Å²) in [5, 5.41) is 8.63. The van der Waals surface area contributed by atoms with Gasteiger partial charge in [0.05, 0.1) is 5.75 Å². The van der Waals surface area contributed by atoms with Gasteiger partial charge in [-0.1, -0.05) is 48.2 Å². The summed E-state index contributed by atoms with van der Waals surface area (Å²) < 4.78 is 7.25. The lowest BCUT2D eigenvalue weighted by atomic mass is 10.1. The molecule has 1 aromatic heterocycles. The average Bonchev–Trinajstić information content (AvgIpc) is 3.05. The van der Waals surface area contributed by atoms with Crippen molar-refractivity contribution in [3.8, 4) is 5.75 Å². The van der Waals surface area contributed by atoms with Gasteiger partial charge in [0.25, 0.3) is 0 Å². The molecule has 0 fully saturated rings. The molecule has 2 aromatic carbocycles. The highest BCUT2D eigenvalue weighted by molar-refractivity contribution is 7.99. The van der Waals surface area contributed by atoms with Crippen LogP contribution in [0.2, 0.25) is 0 Å². The largest absolute Gasteiger partial charge is 0.485 e. The summed E-state index contributed by atoms with van der Waals surface area (Å²) in [7, 11) is 1.75. The highest BCUT2D eigenvalue weighted by Crippen LogP contribution is 2.24. The molecule has 7 nitrogen and oxygen atoms in total. The minimum Gasteiger partial charge on any atom is -0.485 e. The fourth-order valence-electron chi connectivity index (χ4n) is 2.69. The van der Waals surface area contributed by atoms with Gasteiger partial charge in [-0.15, -0.1) is 10.2 Å². The van der Waals surface area contributed by atoms with Crippen LogP contribution in [0.4, 0.5) is 5.69 Å². The van der Waals surface area contributed by atoms with Gasteiger partial charge >= 0.3 is 0 Å². The number of nitrogen functional groups attached to an aromatic ring is 1. The lowest BCUT2D eigenvalue weighted by Crippen LogP contribution is -2.28. The number of nitrogens with two attached hydrogens (primary N) is 1. The van der Waals surface area contributed by atoms with Crippen molar-refractivity contribution in [2.45, 2.75) is 25.6 Å². The summed E-state index contributed by atoms with van der Waals surface area (Å²) in [6.07, 6.45) is 0. The zero-order chi connectivity index (χ0) is 20.1. The predicted molar refractivity (Wildman–Crippen MR) is 111 cm³/mol. The van der Waals surface area contributed by atoms with Crippen molar-refractivity contribution in [2.75, 3.05) is 23.5 Å². The summed E-state index contributed by atoms with van der Waals surface area (Å²) in [4.78, 5) is 14.0. The Morgan fingerprint density at radius 1 is 1.11 bits per heavy atom. The van der Waals surface area contributed by atoms with E-state index in [1.807, 2.05) is 62.4 Å². The number of hydrogen-bond acceptors (Lipinski definition) is 6. The smallest absolute Gasteiger partial charge is 0.237 e. The van der Waals surface area contributed by atoms with Crippen molar-refractivity contribution in [1.29, 1.82) is 0 Å². The van der Waals surface area contributed by atoms with E-state index in [-0.39, 0.29) is 18.3 Å². The number of anilines is 1. The van der Waals surface area contributed by atoms with Gasteiger partial charge in [-0.05, 0) is 37.1 Å². The third-order valence-corrected chi connectivity index (χ3v) is 5.26. The second kappa shape index (κ2) is 8.79. The number of thioether (sulfide) groups is 1. The maximum Gasteiger partial charge on any atom is 0.237 e. The van der Waals surface area contributed by atoms with Crippen molar-refractivity contribution in [1.82, 2.24) is 14.9 Å². The molecule has 1 amide bonds. The molecule has 0 atom stereocenters. The van der Waals surface area contributed by atoms with E-state index >= 15 is 0 Å². The number of carbonyl (C=O) groups excluding carboxylic acids is 1. The van der Waals surface area contributed by atoms with Gasteiger partial charge in [0.2, 0.25) is 11.1 Å². The molecule has 146 valence electrons. The van der Waals surface area contributed by atoms with Crippen molar-refractivity contribution in [3.05, 3.63) is 65.5 Å². The summed E-state index contributed by atoms with van der Waals surface area (Å²) in [6, 6.07) is 15.4.